The summed E-state index contributed by atoms with van der Waals surface area (Å²) in [5.74, 6) is 0. The number of aryl methyl sites for hydroxylation is 4. The highest BCUT2D eigenvalue weighted by atomic mass is 16.3. The van der Waals surface area contributed by atoms with E-state index in [2.05, 4.69) is 5.10 Å². The van der Waals surface area contributed by atoms with E-state index in [9.17, 15) is 5.11 Å². The van der Waals surface area contributed by atoms with Gasteiger partial charge in [0.05, 0.1) is 11.8 Å². The summed E-state index contributed by atoms with van der Waals surface area (Å²) in [7, 11) is 1.92. The minimum absolute atomic E-state index is 0.471. The molecule has 0 bridgehead atoms. The Hall–Kier alpha value is -1.61. The Morgan fingerprint density at radius 1 is 1.22 bits per heavy atom. The Balaban J connectivity index is 2.27. The molecular formula is C15H20N2O. The molecule has 1 aromatic carbocycles. The lowest BCUT2D eigenvalue weighted by atomic mass is 9.95. The van der Waals surface area contributed by atoms with E-state index < -0.39 is 6.10 Å². The van der Waals surface area contributed by atoms with E-state index in [1.165, 1.54) is 0 Å². The summed E-state index contributed by atoms with van der Waals surface area (Å²) in [4.78, 5) is 0. The monoisotopic (exact) mass is 244 g/mol. The Labute approximate surface area is 108 Å². The smallest absolute Gasteiger partial charge is 0.0850 e. The highest BCUT2D eigenvalue weighted by molar-refractivity contribution is 5.36. The zero-order valence-electron chi connectivity index (χ0n) is 11.4. The molecule has 96 valence electrons. The molecular weight excluding hydrogens is 224 g/mol. The van der Waals surface area contributed by atoms with Gasteiger partial charge in [-0.3, -0.25) is 4.68 Å². The van der Waals surface area contributed by atoms with Crippen LogP contribution in [0.15, 0.2) is 24.3 Å². The van der Waals surface area contributed by atoms with Gasteiger partial charge < -0.3 is 5.11 Å². The van der Waals surface area contributed by atoms with E-state index in [4.69, 9.17) is 0 Å². The van der Waals surface area contributed by atoms with Crippen LogP contribution < -0.4 is 0 Å². The zero-order valence-corrected chi connectivity index (χ0v) is 11.4. The van der Waals surface area contributed by atoms with Crippen LogP contribution in [0.3, 0.4) is 0 Å². The second kappa shape index (κ2) is 4.94. The second-order valence-electron chi connectivity index (χ2n) is 4.93. The molecule has 3 heteroatoms. The highest BCUT2D eigenvalue weighted by Crippen LogP contribution is 2.24. The number of aliphatic hydroxyl groups is 1. The predicted octanol–water partition coefficient (Wildman–Crippen LogP) is 2.62. The molecule has 0 fully saturated rings. The van der Waals surface area contributed by atoms with Crippen molar-refractivity contribution in [1.82, 2.24) is 9.78 Å². The van der Waals surface area contributed by atoms with Gasteiger partial charge in [0.1, 0.15) is 0 Å². The number of aromatic nitrogens is 2. The van der Waals surface area contributed by atoms with E-state index in [1.807, 2.05) is 56.8 Å². The van der Waals surface area contributed by atoms with Crippen LogP contribution >= 0.6 is 0 Å². The molecule has 18 heavy (non-hydrogen) atoms. The van der Waals surface area contributed by atoms with Gasteiger partial charge in [-0.1, -0.05) is 18.2 Å². The van der Waals surface area contributed by atoms with Crippen molar-refractivity contribution < 1.29 is 5.11 Å². The van der Waals surface area contributed by atoms with Crippen molar-refractivity contribution in [3.05, 3.63) is 52.3 Å². The van der Waals surface area contributed by atoms with Crippen LogP contribution in [-0.2, 0) is 13.5 Å². The van der Waals surface area contributed by atoms with Crippen LogP contribution in [0.2, 0.25) is 0 Å². The first-order chi connectivity index (χ1) is 8.49. The van der Waals surface area contributed by atoms with Gasteiger partial charge >= 0.3 is 0 Å². The van der Waals surface area contributed by atoms with Crippen LogP contribution in [0.25, 0.3) is 0 Å². The zero-order chi connectivity index (χ0) is 13.3. The number of rotatable bonds is 3. The summed E-state index contributed by atoms with van der Waals surface area (Å²) in [5, 5.41) is 14.7. The van der Waals surface area contributed by atoms with Crippen molar-refractivity contribution in [1.29, 1.82) is 0 Å². The van der Waals surface area contributed by atoms with Crippen LogP contribution in [0, 0.1) is 20.8 Å². The molecule has 1 aromatic heterocycles. The number of hydrogen-bond donors (Lipinski definition) is 1. The Morgan fingerprint density at radius 2 is 1.83 bits per heavy atom. The van der Waals surface area contributed by atoms with E-state index in [1.54, 1.807) is 0 Å². The van der Waals surface area contributed by atoms with Gasteiger partial charge in [0.15, 0.2) is 0 Å². The number of benzene rings is 1. The van der Waals surface area contributed by atoms with E-state index in [0.717, 1.165) is 28.1 Å². The van der Waals surface area contributed by atoms with Crippen molar-refractivity contribution in [3.8, 4) is 0 Å². The van der Waals surface area contributed by atoms with E-state index in [-0.39, 0.29) is 0 Å². The number of aliphatic hydroxyl groups excluding tert-OH is 1. The fourth-order valence-corrected chi connectivity index (χ4v) is 2.51. The number of nitrogens with zero attached hydrogens (tertiary/aromatic N) is 2. The molecule has 0 aliphatic rings. The van der Waals surface area contributed by atoms with Gasteiger partial charge in [0, 0.05) is 19.2 Å². The molecule has 0 saturated heterocycles. The van der Waals surface area contributed by atoms with Gasteiger partial charge in [-0.15, -0.1) is 0 Å². The van der Waals surface area contributed by atoms with Crippen molar-refractivity contribution in [2.75, 3.05) is 0 Å². The molecule has 2 rings (SSSR count). The topological polar surface area (TPSA) is 38.0 Å². The normalized spacial score (nSPS) is 12.7. The highest BCUT2D eigenvalue weighted by Gasteiger charge is 2.15. The Kier molecular flexibility index (Phi) is 3.53. The molecule has 1 atom stereocenters. The van der Waals surface area contributed by atoms with E-state index in [0.29, 0.717) is 6.42 Å². The minimum atomic E-state index is -0.471. The maximum Gasteiger partial charge on any atom is 0.0850 e. The minimum Gasteiger partial charge on any atom is -0.388 e. The summed E-state index contributed by atoms with van der Waals surface area (Å²) >= 11 is 0. The first-order valence-electron chi connectivity index (χ1n) is 6.22. The van der Waals surface area contributed by atoms with Crippen LogP contribution in [0.4, 0.5) is 0 Å². The first kappa shape index (κ1) is 12.8. The third-order valence-electron chi connectivity index (χ3n) is 3.38. The van der Waals surface area contributed by atoms with Crippen molar-refractivity contribution in [2.45, 2.75) is 33.3 Å². The van der Waals surface area contributed by atoms with Gasteiger partial charge in [-0.2, -0.15) is 5.10 Å². The predicted molar refractivity (Wildman–Crippen MR) is 72.5 cm³/mol. The maximum absolute atomic E-state index is 10.4. The molecule has 1 unspecified atom stereocenters. The first-order valence-corrected chi connectivity index (χ1v) is 6.22. The molecule has 0 aliphatic heterocycles. The summed E-state index contributed by atoms with van der Waals surface area (Å²) in [6.45, 7) is 6.05. The molecule has 2 aromatic rings. The molecule has 3 nitrogen and oxygen atoms in total. The molecule has 0 spiro atoms. The van der Waals surface area contributed by atoms with Crippen LogP contribution in [0.1, 0.15) is 34.2 Å². The largest absolute Gasteiger partial charge is 0.388 e. The molecule has 0 radical (unpaired) electrons. The Bertz CT molecular complexity index is 537. The molecule has 0 aliphatic carbocycles. The standard InChI is InChI=1S/C15H20N2O/c1-10-6-5-7-11(2)15(10)14(18)9-13-8-12(3)16-17(13)4/h5-8,14,18H,9H2,1-4H3. The van der Waals surface area contributed by atoms with Crippen LogP contribution in [-0.4, -0.2) is 14.9 Å². The summed E-state index contributed by atoms with van der Waals surface area (Å²) in [5.41, 5.74) is 5.36. The second-order valence-corrected chi connectivity index (χ2v) is 4.93. The van der Waals surface area contributed by atoms with Crippen LogP contribution in [0.5, 0.6) is 0 Å². The average molecular weight is 244 g/mol. The average Bonchev–Trinajstić information content (AvgIpc) is 2.57. The summed E-state index contributed by atoms with van der Waals surface area (Å²) < 4.78 is 1.84. The van der Waals surface area contributed by atoms with Gasteiger partial charge in [0.2, 0.25) is 0 Å². The quantitative estimate of drug-likeness (QED) is 0.901. The lowest BCUT2D eigenvalue weighted by Crippen LogP contribution is -2.09. The Morgan fingerprint density at radius 3 is 2.33 bits per heavy atom. The summed E-state index contributed by atoms with van der Waals surface area (Å²) in [6, 6.07) is 8.13. The number of hydrogen-bond acceptors (Lipinski definition) is 2. The molecule has 1 N–H and O–H groups in total. The SMILES string of the molecule is Cc1cc(CC(O)c2c(C)cccc2C)n(C)n1. The third-order valence-corrected chi connectivity index (χ3v) is 3.38. The lowest BCUT2D eigenvalue weighted by molar-refractivity contribution is 0.174. The van der Waals surface area contributed by atoms with Crippen molar-refractivity contribution in [2.24, 2.45) is 7.05 Å². The maximum atomic E-state index is 10.4. The fourth-order valence-electron chi connectivity index (χ4n) is 2.51. The lowest BCUT2D eigenvalue weighted by Gasteiger charge is -2.16. The fraction of sp³-hybridized carbons (Fsp3) is 0.400. The van der Waals surface area contributed by atoms with Crippen molar-refractivity contribution >= 4 is 0 Å². The van der Waals surface area contributed by atoms with Crippen molar-refractivity contribution in [3.63, 3.8) is 0 Å². The molecule has 0 saturated carbocycles. The van der Waals surface area contributed by atoms with Gasteiger partial charge in [-0.05, 0) is 43.5 Å². The van der Waals surface area contributed by atoms with Gasteiger partial charge in [-0.25, -0.2) is 0 Å². The van der Waals surface area contributed by atoms with Gasteiger partial charge in [0.25, 0.3) is 0 Å². The van der Waals surface area contributed by atoms with E-state index >= 15 is 0 Å². The molecule has 0 amide bonds. The summed E-state index contributed by atoms with van der Waals surface area (Å²) in [6.07, 6.45) is 0.129. The molecule has 1 heterocycles. The third kappa shape index (κ3) is 2.46.